The van der Waals surface area contributed by atoms with Crippen LogP contribution in [-0.4, -0.2) is 24.0 Å². The lowest BCUT2D eigenvalue weighted by Gasteiger charge is -2.26. The van der Waals surface area contributed by atoms with E-state index in [9.17, 15) is 9.13 Å². The van der Waals surface area contributed by atoms with Gasteiger partial charge in [-0.25, -0.2) is 0 Å². The molecule has 0 saturated heterocycles. The first-order valence-electron chi connectivity index (χ1n) is 6.41. The van der Waals surface area contributed by atoms with Crippen LogP contribution in [0.15, 0.2) is 30.3 Å². The lowest BCUT2D eigenvalue weighted by atomic mass is 10.4. The van der Waals surface area contributed by atoms with Crippen LogP contribution in [0.5, 0.6) is 0 Å². The Morgan fingerprint density at radius 1 is 0.857 bits per heavy atom. The molecule has 0 heterocycles. The molecule has 0 fully saturated rings. The molecular weight excluding hydrogens is 346 g/mol. The van der Waals surface area contributed by atoms with Crippen LogP contribution >= 0.6 is 16.5 Å². The van der Waals surface area contributed by atoms with Gasteiger partial charge in [-0.2, -0.15) is 0 Å². The molecular formula is C11H22O6P2Si2. The first-order chi connectivity index (χ1) is 9.66. The van der Waals surface area contributed by atoms with Crippen molar-refractivity contribution in [3.63, 3.8) is 0 Å². The third-order valence-corrected chi connectivity index (χ3v) is 12.7. The van der Waals surface area contributed by atoms with Crippen LogP contribution in [-0.2, 0) is 26.3 Å². The van der Waals surface area contributed by atoms with Gasteiger partial charge in [-0.05, 0) is 31.4 Å². The Balaban J connectivity index is 2.67. The van der Waals surface area contributed by atoms with Gasteiger partial charge in [0, 0.05) is 7.11 Å². The lowest BCUT2D eigenvalue weighted by Crippen LogP contribution is -2.43. The maximum absolute atomic E-state index is 12.1. The molecule has 1 rings (SSSR count). The van der Waals surface area contributed by atoms with Crippen LogP contribution in [0, 0.1) is 0 Å². The highest BCUT2D eigenvalue weighted by molar-refractivity contribution is 7.40. The molecule has 0 radical (unpaired) electrons. The quantitative estimate of drug-likeness (QED) is 0.518. The number of benzene rings is 1. The van der Waals surface area contributed by atoms with E-state index in [1.165, 1.54) is 7.11 Å². The van der Waals surface area contributed by atoms with E-state index < -0.39 is 33.4 Å². The van der Waals surface area contributed by atoms with Gasteiger partial charge in [0.2, 0.25) is 8.32 Å². The van der Waals surface area contributed by atoms with E-state index in [1.54, 1.807) is 13.1 Å². The minimum atomic E-state index is -2.81. The second kappa shape index (κ2) is 7.99. The van der Waals surface area contributed by atoms with Crippen molar-refractivity contribution >= 4 is 38.6 Å². The highest BCUT2D eigenvalue weighted by Gasteiger charge is 2.34. The summed E-state index contributed by atoms with van der Waals surface area (Å²) in [5, 5.41) is 1.03. The molecule has 0 aliphatic rings. The molecule has 0 N–H and O–H groups in total. The Kier molecular flexibility index (Phi) is 7.23. The van der Waals surface area contributed by atoms with Crippen LogP contribution in [0.4, 0.5) is 0 Å². The summed E-state index contributed by atoms with van der Waals surface area (Å²) in [6, 6.07) is 9.64. The highest BCUT2D eigenvalue weighted by Crippen LogP contribution is 2.37. The number of hydrogen-bond acceptors (Lipinski definition) is 6. The van der Waals surface area contributed by atoms with Crippen molar-refractivity contribution in [2.45, 2.75) is 26.2 Å². The van der Waals surface area contributed by atoms with E-state index in [-0.39, 0.29) is 0 Å². The van der Waals surface area contributed by atoms with Gasteiger partial charge in [0.15, 0.2) is 0 Å². The minimum absolute atomic E-state index is 1.03. The molecule has 6 nitrogen and oxygen atoms in total. The summed E-state index contributed by atoms with van der Waals surface area (Å²) in [4.78, 5) is 0. The zero-order valence-corrected chi connectivity index (χ0v) is 16.8. The Morgan fingerprint density at radius 3 is 1.90 bits per heavy atom. The minimum Gasteiger partial charge on any atom is -0.348 e. The summed E-state index contributed by atoms with van der Waals surface area (Å²) < 4.78 is 44.2. The lowest BCUT2D eigenvalue weighted by molar-refractivity contribution is 0.310. The van der Waals surface area contributed by atoms with Crippen LogP contribution in [0.25, 0.3) is 0 Å². The van der Waals surface area contributed by atoms with E-state index in [4.69, 9.17) is 12.6 Å². The first-order valence-corrected chi connectivity index (χ1v) is 14.6. The molecule has 120 valence electrons. The Labute approximate surface area is 129 Å². The van der Waals surface area contributed by atoms with Crippen LogP contribution < -0.4 is 5.19 Å². The number of hydrogen-bond donors (Lipinski definition) is 0. The van der Waals surface area contributed by atoms with Gasteiger partial charge in [0.1, 0.15) is 0 Å². The van der Waals surface area contributed by atoms with E-state index in [1.807, 2.05) is 43.4 Å². The first kappa shape index (κ1) is 19.0. The Bertz CT molecular complexity index is 509. The molecule has 0 spiro atoms. The topological polar surface area (TPSA) is 71.1 Å². The van der Waals surface area contributed by atoms with E-state index >= 15 is 0 Å². The van der Waals surface area contributed by atoms with Crippen LogP contribution in [0.3, 0.4) is 0 Å². The summed E-state index contributed by atoms with van der Waals surface area (Å²) in [6.45, 7) is 7.19. The summed E-state index contributed by atoms with van der Waals surface area (Å²) >= 11 is 0. The van der Waals surface area contributed by atoms with Crippen molar-refractivity contribution in [3.05, 3.63) is 30.3 Å². The van der Waals surface area contributed by atoms with Crippen molar-refractivity contribution in [2.75, 3.05) is 7.11 Å². The summed E-state index contributed by atoms with van der Waals surface area (Å²) in [6.07, 6.45) is 0. The van der Waals surface area contributed by atoms with Crippen molar-refractivity contribution in [2.24, 2.45) is 0 Å². The van der Waals surface area contributed by atoms with Gasteiger partial charge in [0.25, 0.3) is 0 Å². The second-order valence-electron chi connectivity index (χ2n) is 5.29. The molecule has 0 bridgehead atoms. The molecule has 2 atom stereocenters. The predicted molar refractivity (Wildman–Crippen MR) is 89.3 cm³/mol. The van der Waals surface area contributed by atoms with Crippen molar-refractivity contribution < 1.29 is 26.3 Å². The SMILES string of the molecule is CO[PH](=O)O[Si](C)(C)O[PH](=O)O[Si](C)(C)c1ccccc1. The van der Waals surface area contributed by atoms with Gasteiger partial charge in [0.05, 0.1) is 0 Å². The normalized spacial score (nSPS) is 15.7. The molecule has 10 heteroatoms. The molecule has 2 unspecified atom stereocenters. The average Bonchev–Trinajstić information content (AvgIpc) is 2.37. The fourth-order valence-electron chi connectivity index (χ4n) is 1.59. The molecule has 1 aromatic carbocycles. The Morgan fingerprint density at radius 2 is 1.38 bits per heavy atom. The average molecular weight is 368 g/mol. The highest BCUT2D eigenvalue weighted by atomic mass is 31.1. The maximum Gasteiger partial charge on any atom is 0.347 e. The van der Waals surface area contributed by atoms with Crippen LogP contribution in [0.2, 0.25) is 26.2 Å². The Hall–Kier alpha value is -0.0462. The molecule has 0 aliphatic heterocycles. The second-order valence-corrected chi connectivity index (χ2v) is 15.5. The van der Waals surface area contributed by atoms with E-state index in [0.717, 1.165) is 5.19 Å². The molecule has 21 heavy (non-hydrogen) atoms. The summed E-state index contributed by atoms with van der Waals surface area (Å²) in [7, 11) is -9.18. The van der Waals surface area contributed by atoms with Crippen LogP contribution in [0.1, 0.15) is 0 Å². The zero-order chi connectivity index (χ0) is 16.1. The number of rotatable bonds is 8. The zero-order valence-electron chi connectivity index (χ0n) is 12.8. The molecule has 0 aromatic heterocycles. The largest absolute Gasteiger partial charge is 0.348 e. The van der Waals surface area contributed by atoms with Gasteiger partial charge in [-0.1, -0.05) is 30.3 Å². The maximum atomic E-state index is 12.1. The standard InChI is InChI=1S/C11H22O6P2Si2/c1-14-18(12)16-21(4,5)17-19(13)15-20(2,3)11-9-7-6-8-10-11/h6-10,18-19H,1-5H3. The summed E-state index contributed by atoms with van der Waals surface area (Å²) in [5.41, 5.74) is 0. The fourth-order valence-corrected chi connectivity index (χ4v) is 9.35. The fraction of sp³-hybridized carbons (Fsp3) is 0.455. The van der Waals surface area contributed by atoms with Crippen molar-refractivity contribution in [1.82, 2.24) is 0 Å². The summed E-state index contributed by atoms with van der Waals surface area (Å²) in [5.74, 6) is 0. The molecule has 0 saturated carbocycles. The van der Waals surface area contributed by atoms with Gasteiger partial charge >= 0.3 is 25.1 Å². The van der Waals surface area contributed by atoms with E-state index in [0.29, 0.717) is 0 Å². The third kappa shape index (κ3) is 6.71. The molecule has 0 amide bonds. The van der Waals surface area contributed by atoms with E-state index in [2.05, 4.69) is 4.52 Å². The third-order valence-electron chi connectivity index (χ3n) is 2.63. The van der Waals surface area contributed by atoms with Crippen molar-refractivity contribution in [1.29, 1.82) is 0 Å². The van der Waals surface area contributed by atoms with Gasteiger partial charge < -0.3 is 17.2 Å². The van der Waals surface area contributed by atoms with Gasteiger partial charge in [-0.3, -0.25) is 9.13 Å². The van der Waals surface area contributed by atoms with Gasteiger partial charge in [-0.15, -0.1) is 0 Å². The smallest absolute Gasteiger partial charge is 0.347 e. The predicted octanol–water partition coefficient (Wildman–Crippen LogP) is 3.28. The monoisotopic (exact) mass is 368 g/mol. The molecule has 0 aliphatic carbocycles. The molecule has 1 aromatic rings. The van der Waals surface area contributed by atoms with Crippen molar-refractivity contribution in [3.8, 4) is 0 Å².